The van der Waals surface area contributed by atoms with E-state index in [1.165, 1.54) is 4.70 Å². The van der Waals surface area contributed by atoms with Gasteiger partial charge in [-0.25, -0.2) is 4.98 Å². The van der Waals surface area contributed by atoms with Crippen LogP contribution in [0, 0.1) is 0 Å². The second-order valence-corrected chi connectivity index (χ2v) is 6.61. The summed E-state index contributed by atoms with van der Waals surface area (Å²) in [6.07, 6.45) is -0.258. The third-order valence-electron chi connectivity index (χ3n) is 3.82. The molecule has 0 amide bonds. The van der Waals surface area contributed by atoms with Gasteiger partial charge in [-0.1, -0.05) is 23.5 Å². The van der Waals surface area contributed by atoms with Crippen LogP contribution in [0.3, 0.4) is 0 Å². The number of fused-ring (bicyclic) bond motifs is 1. The molecule has 2 aromatic rings. The molecule has 0 aliphatic carbocycles. The van der Waals surface area contributed by atoms with Crippen LogP contribution in [-0.2, 0) is 0 Å². The van der Waals surface area contributed by atoms with Gasteiger partial charge >= 0.3 is 0 Å². The highest BCUT2D eigenvalue weighted by molar-refractivity contribution is 7.22. The zero-order valence-electron chi connectivity index (χ0n) is 12.0. The van der Waals surface area contributed by atoms with Crippen LogP contribution in [0.5, 0.6) is 0 Å². The molecule has 3 rings (SSSR count). The van der Waals surface area contributed by atoms with E-state index < -0.39 is 0 Å². The van der Waals surface area contributed by atoms with Gasteiger partial charge < -0.3 is 10.0 Å². The van der Waals surface area contributed by atoms with Gasteiger partial charge in [-0.2, -0.15) is 0 Å². The second kappa shape index (κ2) is 5.68. The predicted molar refractivity (Wildman–Crippen MR) is 84.5 cm³/mol. The van der Waals surface area contributed by atoms with Gasteiger partial charge in [0.1, 0.15) is 0 Å². The summed E-state index contributed by atoms with van der Waals surface area (Å²) in [7, 11) is 0. The number of aromatic nitrogens is 1. The van der Waals surface area contributed by atoms with Crippen molar-refractivity contribution in [1.29, 1.82) is 0 Å². The molecule has 1 aromatic carbocycles. The fraction of sp³-hybridized carbons (Fsp3) is 0.533. The first-order valence-corrected chi connectivity index (χ1v) is 7.98. The molecule has 1 saturated heterocycles. The van der Waals surface area contributed by atoms with Gasteiger partial charge in [-0.15, -0.1) is 0 Å². The van der Waals surface area contributed by atoms with Crippen molar-refractivity contribution in [3.63, 3.8) is 0 Å². The first-order chi connectivity index (χ1) is 9.63. The maximum Gasteiger partial charge on any atom is 0.186 e. The number of para-hydroxylation sites is 1. The molecule has 0 bridgehead atoms. The lowest BCUT2D eigenvalue weighted by Crippen LogP contribution is -2.53. The minimum absolute atomic E-state index is 0.258. The van der Waals surface area contributed by atoms with Crippen molar-refractivity contribution < 1.29 is 5.11 Å². The Bertz CT molecular complexity index is 550. The van der Waals surface area contributed by atoms with E-state index >= 15 is 0 Å². The molecule has 20 heavy (non-hydrogen) atoms. The average Bonchev–Trinajstić information content (AvgIpc) is 2.84. The number of β-amino-alcohol motifs (C(OH)–C–C–N with tert-alkyl or cyclic N) is 1. The van der Waals surface area contributed by atoms with Gasteiger partial charge in [-0.3, -0.25) is 4.90 Å². The highest BCUT2D eigenvalue weighted by Gasteiger charge is 2.26. The second-order valence-electron chi connectivity index (χ2n) is 5.60. The topological polar surface area (TPSA) is 39.6 Å². The molecule has 0 radical (unpaired) electrons. The zero-order chi connectivity index (χ0) is 14.1. The third-order valence-corrected chi connectivity index (χ3v) is 4.91. The third kappa shape index (κ3) is 2.80. The van der Waals surface area contributed by atoms with Crippen LogP contribution in [0.25, 0.3) is 10.2 Å². The number of nitrogens with zero attached hydrogens (tertiary/aromatic N) is 3. The van der Waals surface area contributed by atoms with Crippen molar-refractivity contribution >= 4 is 26.7 Å². The number of rotatable bonds is 3. The number of hydrogen-bond donors (Lipinski definition) is 1. The summed E-state index contributed by atoms with van der Waals surface area (Å²) in [4.78, 5) is 9.46. The van der Waals surface area contributed by atoms with Crippen molar-refractivity contribution in [2.24, 2.45) is 0 Å². The Morgan fingerprint density at radius 2 is 2.20 bits per heavy atom. The van der Waals surface area contributed by atoms with Crippen LogP contribution in [0.15, 0.2) is 24.3 Å². The molecule has 1 N–H and O–H groups in total. The predicted octanol–water partition coefficient (Wildman–Crippen LogP) is 2.19. The number of anilines is 1. The minimum atomic E-state index is -0.258. The summed E-state index contributed by atoms with van der Waals surface area (Å²) in [5, 5.41) is 10.7. The zero-order valence-corrected chi connectivity index (χ0v) is 12.8. The summed E-state index contributed by atoms with van der Waals surface area (Å²) >= 11 is 1.77. The van der Waals surface area contributed by atoms with Crippen molar-refractivity contribution in [2.45, 2.75) is 26.0 Å². The van der Waals surface area contributed by atoms with E-state index in [-0.39, 0.29) is 6.10 Å². The largest absolute Gasteiger partial charge is 0.392 e. The van der Waals surface area contributed by atoms with Crippen molar-refractivity contribution in [3.8, 4) is 0 Å². The fourth-order valence-corrected chi connectivity index (χ4v) is 3.78. The minimum Gasteiger partial charge on any atom is -0.392 e. The van der Waals surface area contributed by atoms with E-state index in [2.05, 4.69) is 34.9 Å². The van der Waals surface area contributed by atoms with Crippen molar-refractivity contribution in [2.75, 3.05) is 31.1 Å². The molecule has 108 valence electrons. The van der Waals surface area contributed by atoms with Gasteiger partial charge in [0, 0.05) is 32.2 Å². The van der Waals surface area contributed by atoms with E-state index in [4.69, 9.17) is 4.98 Å². The van der Waals surface area contributed by atoms with Crippen molar-refractivity contribution in [1.82, 2.24) is 9.88 Å². The number of thiazole rings is 1. The molecule has 4 nitrogen and oxygen atoms in total. The van der Waals surface area contributed by atoms with Crippen LogP contribution in [0.2, 0.25) is 0 Å². The van der Waals surface area contributed by atoms with Crippen LogP contribution in [0.1, 0.15) is 13.8 Å². The van der Waals surface area contributed by atoms with Gasteiger partial charge in [0.05, 0.1) is 16.3 Å². The lowest BCUT2D eigenvalue weighted by molar-refractivity contribution is 0.0960. The van der Waals surface area contributed by atoms with E-state index in [1.54, 1.807) is 11.3 Å². The van der Waals surface area contributed by atoms with Gasteiger partial charge in [-0.05, 0) is 26.0 Å². The highest BCUT2D eigenvalue weighted by atomic mass is 32.1. The maximum atomic E-state index is 9.54. The normalized spacial score (nSPS) is 22.4. The van der Waals surface area contributed by atoms with Crippen LogP contribution < -0.4 is 4.90 Å². The molecular formula is C15H21N3OS. The molecule has 2 heterocycles. The number of piperazine rings is 1. The molecule has 1 fully saturated rings. The van der Waals surface area contributed by atoms with E-state index in [0.29, 0.717) is 6.04 Å². The molecule has 1 aliphatic rings. The first kappa shape index (κ1) is 13.8. The van der Waals surface area contributed by atoms with Crippen molar-refractivity contribution in [3.05, 3.63) is 24.3 Å². The smallest absolute Gasteiger partial charge is 0.186 e. The Morgan fingerprint density at radius 1 is 1.40 bits per heavy atom. The summed E-state index contributed by atoms with van der Waals surface area (Å²) in [6.45, 7) is 7.79. The first-order valence-electron chi connectivity index (χ1n) is 7.16. The molecule has 1 aromatic heterocycles. The summed E-state index contributed by atoms with van der Waals surface area (Å²) in [5.41, 5.74) is 1.09. The summed E-state index contributed by atoms with van der Waals surface area (Å²) in [5.74, 6) is 0. The van der Waals surface area contributed by atoms with Crippen LogP contribution >= 0.6 is 11.3 Å². The van der Waals surface area contributed by atoms with Gasteiger partial charge in [0.15, 0.2) is 5.13 Å². The molecule has 2 atom stereocenters. The monoisotopic (exact) mass is 291 g/mol. The lowest BCUT2D eigenvalue weighted by atomic mass is 10.2. The molecule has 5 heteroatoms. The van der Waals surface area contributed by atoms with E-state index in [1.807, 2.05) is 13.0 Å². The molecule has 2 unspecified atom stereocenters. The van der Waals surface area contributed by atoms with Crippen LogP contribution in [0.4, 0.5) is 5.13 Å². The van der Waals surface area contributed by atoms with Gasteiger partial charge in [0.25, 0.3) is 0 Å². The number of benzene rings is 1. The summed E-state index contributed by atoms with van der Waals surface area (Å²) < 4.78 is 1.25. The Kier molecular flexibility index (Phi) is 3.92. The maximum absolute atomic E-state index is 9.54. The average molecular weight is 291 g/mol. The fourth-order valence-electron chi connectivity index (χ4n) is 2.77. The lowest BCUT2D eigenvalue weighted by Gasteiger charge is -2.40. The quantitative estimate of drug-likeness (QED) is 0.941. The van der Waals surface area contributed by atoms with Crippen LogP contribution in [-0.4, -0.2) is 53.3 Å². The SMILES string of the molecule is CC(O)CN1CCN(c2nc3ccccc3s2)CC1C. The molecule has 1 aliphatic heterocycles. The Hall–Kier alpha value is -1.17. The Balaban J connectivity index is 1.73. The number of hydrogen-bond acceptors (Lipinski definition) is 5. The van der Waals surface area contributed by atoms with E-state index in [9.17, 15) is 5.11 Å². The molecular weight excluding hydrogens is 270 g/mol. The summed E-state index contributed by atoms with van der Waals surface area (Å²) in [6, 6.07) is 8.75. The van der Waals surface area contributed by atoms with E-state index in [0.717, 1.165) is 36.8 Å². The van der Waals surface area contributed by atoms with Gasteiger partial charge in [0.2, 0.25) is 0 Å². The molecule has 0 saturated carbocycles. The Morgan fingerprint density at radius 3 is 2.90 bits per heavy atom. The number of aliphatic hydroxyl groups excluding tert-OH is 1. The number of aliphatic hydroxyl groups is 1. The highest BCUT2D eigenvalue weighted by Crippen LogP contribution is 2.29. The standard InChI is InChI=1S/C15H21N3OS/c1-11-9-18(8-7-17(11)10-12(2)19)15-16-13-5-3-4-6-14(13)20-15/h3-6,11-12,19H,7-10H2,1-2H3. The molecule has 0 spiro atoms. The Labute approximate surface area is 123 Å².